The summed E-state index contributed by atoms with van der Waals surface area (Å²) in [6.07, 6.45) is 3.37. The first-order chi connectivity index (χ1) is 9.53. The quantitative estimate of drug-likeness (QED) is 0.545. The molecule has 0 bridgehead atoms. The highest BCUT2D eigenvalue weighted by atomic mass is 35.5. The minimum atomic E-state index is -3.17. The van der Waals surface area contributed by atoms with Gasteiger partial charge >= 0.3 is 0 Å². The Balaban J connectivity index is 2.07. The van der Waals surface area contributed by atoms with Crippen molar-refractivity contribution in [2.45, 2.75) is 45.2 Å². The van der Waals surface area contributed by atoms with Crippen molar-refractivity contribution in [1.29, 1.82) is 0 Å². The van der Waals surface area contributed by atoms with Crippen LogP contribution in [0.3, 0.4) is 0 Å². The Morgan fingerprint density at radius 2 is 2.05 bits per heavy atom. The Hall–Kier alpha value is -0.580. The fraction of sp³-hybridized carbons (Fsp3) is 0.600. The molecule has 0 unspecified atom stereocenters. The number of hydrogen-bond acceptors (Lipinski definition) is 2. The van der Waals surface area contributed by atoms with Crippen LogP contribution in [0.1, 0.15) is 36.8 Å². The molecular weight excluding hydrogens is 294 g/mol. The summed E-state index contributed by atoms with van der Waals surface area (Å²) in [4.78, 5) is 0. The molecule has 3 nitrogen and oxygen atoms in total. The Labute approximate surface area is 127 Å². The molecule has 0 N–H and O–H groups in total. The van der Waals surface area contributed by atoms with Crippen molar-refractivity contribution in [3.8, 4) is 0 Å². The first kappa shape index (κ1) is 15.8. The lowest BCUT2D eigenvalue weighted by Gasteiger charge is -2.22. The van der Waals surface area contributed by atoms with Crippen molar-refractivity contribution in [1.82, 2.24) is 4.31 Å². The maximum absolute atomic E-state index is 12.5. The highest BCUT2D eigenvalue weighted by Gasteiger charge is 2.36. The van der Waals surface area contributed by atoms with Gasteiger partial charge in [-0.1, -0.05) is 29.8 Å². The molecule has 1 aliphatic rings. The van der Waals surface area contributed by atoms with E-state index in [0.29, 0.717) is 18.8 Å². The Kier molecular flexibility index (Phi) is 5.47. The number of halogens is 1. The van der Waals surface area contributed by atoms with Crippen LogP contribution in [-0.2, 0) is 16.6 Å². The van der Waals surface area contributed by atoms with Gasteiger partial charge in [-0.2, -0.15) is 4.31 Å². The van der Waals surface area contributed by atoms with E-state index in [4.69, 9.17) is 11.6 Å². The third-order valence-corrected chi connectivity index (χ3v) is 5.73. The van der Waals surface area contributed by atoms with Crippen LogP contribution < -0.4 is 0 Å². The van der Waals surface area contributed by atoms with Crippen LogP contribution >= 0.6 is 11.6 Å². The van der Waals surface area contributed by atoms with Gasteiger partial charge in [0.2, 0.25) is 10.0 Å². The Morgan fingerprint density at radius 1 is 1.30 bits per heavy atom. The predicted molar refractivity (Wildman–Crippen MR) is 83.5 cm³/mol. The fourth-order valence-electron chi connectivity index (χ4n) is 2.30. The summed E-state index contributed by atoms with van der Waals surface area (Å²) in [7, 11) is -3.17. The average Bonchev–Trinajstić information content (AvgIpc) is 3.20. The molecule has 1 saturated carbocycles. The van der Waals surface area contributed by atoms with Crippen LogP contribution in [-0.4, -0.2) is 30.4 Å². The molecule has 0 aromatic heterocycles. The van der Waals surface area contributed by atoms with Gasteiger partial charge in [0.05, 0.1) is 5.75 Å². The number of aryl methyl sites for hydroxylation is 1. The molecule has 2 rings (SSSR count). The fourth-order valence-corrected chi connectivity index (χ4v) is 4.31. The van der Waals surface area contributed by atoms with E-state index < -0.39 is 10.0 Å². The molecule has 0 aliphatic heterocycles. The number of benzene rings is 1. The number of rotatable bonds is 8. The number of unbranched alkanes of at least 4 members (excludes halogenated alkanes) is 1. The van der Waals surface area contributed by atoms with Crippen molar-refractivity contribution in [2.24, 2.45) is 0 Å². The zero-order valence-electron chi connectivity index (χ0n) is 11.9. The standard InChI is InChI=1S/C15H22ClNO2S/c1-13-5-4-6-14(11-13)12-17(15-7-8-15)20(18,19)10-3-2-9-16/h4-6,11,15H,2-3,7-10,12H2,1H3. The largest absolute Gasteiger partial charge is 0.214 e. The normalized spacial score (nSPS) is 15.8. The van der Waals surface area contributed by atoms with Gasteiger partial charge in [-0.3, -0.25) is 0 Å². The summed E-state index contributed by atoms with van der Waals surface area (Å²) in [5.41, 5.74) is 2.23. The number of alkyl halides is 1. The van der Waals surface area contributed by atoms with Gasteiger partial charge in [-0.15, -0.1) is 11.6 Å². The van der Waals surface area contributed by atoms with E-state index in [-0.39, 0.29) is 11.8 Å². The highest BCUT2D eigenvalue weighted by Crippen LogP contribution is 2.31. The van der Waals surface area contributed by atoms with Crippen molar-refractivity contribution < 1.29 is 8.42 Å². The topological polar surface area (TPSA) is 37.4 Å². The van der Waals surface area contributed by atoms with E-state index in [0.717, 1.165) is 30.4 Å². The molecule has 0 heterocycles. The van der Waals surface area contributed by atoms with Crippen LogP contribution in [0.25, 0.3) is 0 Å². The number of nitrogens with zero attached hydrogens (tertiary/aromatic N) is 1. The molecular formula is C15H22ClNO2S. The maximum Gasteiger partial charge on any atom is 0.214 e. The SMILES string of the molecule is Cc1cccc(CN(C2CC2)S(=O)(=O)CCCCCl)c1. The Morgan fingerprint density at radius 3 is 2.65 bits per heavy atom. The van der Waals surface area contributed by atoms with Crippen LogP contribution in [0, 0.1) is 6.92 Å². The third-order valence-electron chi connectivity index (χ3n) is 3.52. The minimum absolute atomic E-state index is 0.205. The molecule has 1 aromatic carbocycles. The van der Waals surface area contributed by atoms with Crippen LogP contribution in [0.2, 0.25) is 0 Å². The second-order valence-electron chi connectivity index (χ2n) is 5.48. The molecule has 0 amide bonds. The zero-order valence-corrected chi connectivity index (χ0v) is 13.5. The molecule has 0 saturated heterocycles. The summed E-state index contributed by atoms with van der Waals surface area (Å²) >= 11 is 5.62. The summed E-state index contributed by atoms with van der Waals surface area (Å²) in [5.74, 6) is 0.735. The molecule has 5 heteroatoms. The predicted octanol–water partition coefficient (Wildman–Crippen LogP) is 3.31. The summed E-state index contributed by atoms with van der Waals surface area (Å²) in [5, 5.41) is 0. The van der Waals surface area contributed by atoms with Crippen LogP contribution in [0.15, 0.2) is 24.3 Å². The second-order valence-corrected chi connectivity index (χ2v) is 7.90. The lowest BCUT2D eigenvalue weighted by molar-refractivity contribution is 0.397. The van der Waals surface area contributed by atoms with E-state index in [1.54, 1.807) is 4.31 Å². The van der Waals surface area contributed by atoms with Gasteiger partial charge in [0.25, 0.3) is 0 Å². The number of hydrogen-bond donors (Lipinski definition) is 0. The van der Waals surface area contributed by atoms with Crippen molar-refractivity contribution in [3.05, 3.63) is 35.4 Å². The molecule has 1 aromatic rings. The smallest absolute Gasteiger partial charge is 0.212 e. The summed E-state index contributed by atoms with van der Waals surface area (Å²) in [6.45, 7) is 2.52. The first-order valence-corrected chi connectivity index (χ1v) is 9.28. The van der Waals surface area contributed by atoms with Gasteiger partial charge < -0.3 is 0 Å². The lowest BCUT2D eigenvalue weighted by Crippen LogP contribution is -2.34. The molecule has 0 atom stereocenters. The van der Waals surface area contributed by atoms with Crippen LogP contribution in [0.4, 0.5) is 0 Å². The molecule has 112 valence electrons. The molecule has 20 heavy (non-hydrogen) atoms. The van der Waals surface area contributed by atoms with E-state index in [9.17, 15) is 8.42 Å². The van der Waals surface area contributed by atoms with Crippen molar-refractivity contribution >= 4 is 21.6 Å². The van der Waals surface area contributed by atoms with Crippen molar-refractivity contribution in [3.63, 3.8) is 0 Å². The highest BCUT2D eigenvalue weighted by molar-refractivity contribution is 7.89. The molecule has 0 spiro atoms. The minimum Gasteiger partial charge on any atom is -0.212 e. The van der Waals surface area contributed by atoms with Gasteiger partial charge in [0, 0.05) is 18.5 Å². The third kappa shape index (κ3) is 4.47. The maximum atomic E-state index is 12.5. The van der Waals surface area contributed by atoms with E-state index in [2.05, 4.69) is 6.07 Å². The summed E-state index contributed by atoms with van der Waals surface area (Å²) in [6, 6.07) is 8.27. The Bertz CT molecular complexity index is 541. The zero-order chi connectivity index (χ0) is 14.6. The van der Waals surface area contributed by atoms with E-state index >= 15 is 0 Å². The second kappa shape index (κ2) is 6.92. The van der Waals surface area contributed by atoms with Crippen molar-refractivity contribution in [2.75, 3.05) is 11.6 Å². The average molecular weight is 316 g/mol. The molecule has 1 aliphatic carbocycles. The molecule has 1 fully saturated rings. The lowest BCUT2D eigenvalue weighted by atomic mass is 10.1. The summed E-state index contributed by atoms with van der Waals surface area (Å²) < 4.78 is 26.6. The van der Waals surface area contributed by atoms with Gasteiger partial charge in [-0.25, -0.2) is 8.42 Å². The molecule has 0 radical (unpaired) electrons. The van der Waals surface area contributed by atoms with E-state index in [1.165, 1.54) is 0 Å². The van der Waals surface area contributed by atoms with Gasteiger partial charge in [0.1, 0.15) is 0 Å². The van der Waals surface area contributed by atoms with E-state index in [1.807, 2.05) is 25.1 Å². The van der Waals surface area contributed by atoms with Crippen LogP contribution in [0.5, 0.6) is 0 Å². The van der Waals surface area contributed by atoms with Gasteiger partial charge in [0.15, 0.2) is 0 Å². The first-order valence-electron chi connectivity index (χ1n) is 7.14. The van der Waals surface area contributed by atoms with Gasteiger partial charge in [-0.05, 0) is 38.2 Å². The monoisotopic (exact) mass is 315 g/mol. The number of sulfonamides is 1.